The van der Waals surface area contributed by atoms with E-state index < -0.39 is 28.9 Å². The summed E-state index contributed by atoms with van der Waals surface area (Å²) in [7, 11) is 0. The molecule has 1 aromatic carbocycles. The van der Waals surface area contributed by atoms with Gasteiger partial charge in [0.05, 0.1) is 23.8 Å². The van der Waals surface area contributed by atoms with E-state index in [1.807, 2.05) is 0 Å². The number of pyridine rings is 1. The van der Waals surface area contributed by atoms with Crippen LogP contribution in [-0.2, 0) is 24.0 Å². The number of aryl methyl sites for hydroxylation is 1. The van der Waals surface area contributed by atoms with Crippen molar-refractivity contribution in [3.63, 3.8) is 0 Å². The number of hydrogen-bond donors (Lipinski definition) is 2. The lowest BCUT2D eigenvalue weighted by Crippen LogP contribution is -2.39. The number of nitrogens with one attached hydrogen (secondary N) is 1. The van der Waals surface area contributed by atoms with Gasteiger partial charge in [0, 0.05) is 22.8 Å². The average Bonchev–Trinajstić information content (AvgIpc) is 3.14. The van der Waals surface area contributed by atoms with E-state index in [2.05, 4.69) is 14.7 Å². The molecule has 3 aromatic rings. The molecule has 2 heterocycles. The van der Waals surface area contributed by atoms with Crippen LogP contribution in [0.5, 0.6) is 0 Å². The number of rotatable bonds is 7. The lowest BCUT2D eigenvalue weighted by atomic mass is 9.97. The van der Waals surface area contributed by atoms with Gasteiger partial charge < -0.3 is 4.90 Å². The molecule has 0 saturated heterocycles. The monoisotopic (exact) mass is 470 g/mol. The number of thiazole rings is 1. The van der Waals surface area contributed by atoms with Gasteiger partial charge >= 0.3 is 6.18 Å². The largest absolute Gasteiger partial charge is 0.417 e. The molecule has 0 aliphatic rings. The van der Waals surface area contributed by atoms with Crippen molar-refractivity contribution in [2.75, 3.05) is 6.67 Å². The van der Waals surface area contributed by atoms with Gasteiger partial charge in [0.1, 0.15) is 5.69 Å². The van der Waals surface area contributed by atoms with Crippen molar-refractivity contribution in [1.29, 1.82) is 0 Å². The minimum Gasteiger partial charge on any atom is -0.318 e. The Kier molecular flexibility index (Phi) is 7.15. The molecule has 31 heavy (non-hydrogen) atoms. The summed E-state index contributed by atoms with van der Waals surface area (Å²) in [5.41, 5.74) is -1.27. The van der Waals surface area contributed by atoms with Crippen LogP contribution in [0.4, 0.5) is 13.2 Å². The summed E-state index contributed by atoms with van der Waals surface area (Å²) in [5, 5.41) is 0.763. The van der Waals surface area contributed by atoms with Gasteiger partial charge in [-0.15, -0.1) is 11.3 Å². The maximum Gasteiger partial charge on any atom is 0.417 e. The second kappa shape index (κ2) is 9.64. The van der Waals surface area contributed by atoms with Gasteiger partial charge in [-0.05, 0) is 24.6 Å². The third-order valence-electron chi connectivity index (χ3n) is 4.21. The highest BCUT2D eigenvalue weighted by Gasteiger charge is 2.34. The van der Waals surface area contributed by atoms with E-state index in [0.717, 1.165) is 11.1 Å². The predicted octanol–water partition coefficient (Wildman–Crippen LogP) is 3.86. The number of benzene rings is 1. The Bertz CT molecular complexity index is 1100. The zero-order valence-corrected chi connectivity index (χ0v) is 17.7. The van der Waals surface area contributed by atoms with Gasteiger partial charge in [-0.25, -0.2) is 9.19 Å². The van der Waals surface area contributed by atoms with Crippen molar-refractivity contribution in [2.24, 2.45) is 0 Å². The van der Waals surface area contributed by atoms with Crippen molar-refractivity contribution in [3.05, 3.63) is 69.9 Å². The highest BCUT2D eigenvalue weighted by molar-refractivity contribution is 7.77. The van der Waals surface area contributed by atoms with Crippen molar-refractivity contribution >= 4 is 28.5 Å². The Hall–Kier alpha value is -2.67. The van der Waals surface area contributed by atoms with E-state index >= 15 is 0 Å². The van der Waals surface area contributed by atoms with E-state index in [4.69, 9.17) is 4.55 Å². The van der Waals surface area contributed by atoms with Crippen molar-refractivity contribution in [1.82, 2.24) is 19.6 Å². The molecular formula is C19H17F3N4O3S2. The number of nitrogens with zero attached hydrogens (tertiary/aromatic N) is 3. The summed E-state index contributed by atoms with van der Waals surface area (Å²) in [5.74, 6) is -0.698. The van der Waals surface area contributed by atoms with Crippen molar-refractivity contribution in [3.8, 4) is 11.1 Å². The van der Waals surface area contributed by atoms with Crippen LogP contribution in [-0.4, -0.2) is 36.2 Å². The summed E-state index contributed by atoms with van der Waals surface area (Å²) in [6.45, 7) is 1.49. The third kappa shape index (κ3) is 5.73. The quantitative estimate of drug-likeness (QED) is 0.404. The highest BCUT2D eigenvalue weighted by atomic mass is 32.2. The number of carbonyl (C=O) groups is 1. The van der Waals surface area contributed by atoms with Crippen LogP contribution in [0.2, 0.25) is 0 Å². The van der Waals surface area contributed by atoms with E-state index in [1.54, 1.807) is 13.1 Å². The van der Waals surface area contributed by atoms with Crippen LogP contribution in [0.1, 0.15) is 25.9 Å². The van der Waals surface area contributed by atoms with Gasteiger partial charge in [0.15, 0.2) is 0 Å². The molecule has 0 fully saturated rings. The third-order valence-corrected chi connectivity index (χ3v) is 5.49. The fraction of sp³-hybridized carbons (Fsp3) is 0.211. The SMILES string of the molecule is Cc1ncc(CN(CNS(=O)O)C(=O)c2ncccc2-c2ccccc2C(F)(F)F)s1. The molecule has 1 atom stereocenters. The molecule has 0 aliphatic heterocycles. The van der Waals surface area contributed by atoms with E-state index in [1.165, 1.54) is 52.8 Å². The molecular weight excluding hydrogens is 453 g/mol. The maximum atomic E-state index is 13.5. The molecule has 0 radical (unpaired) electrons. The molecule has 0 saturated carbocycles. The maximum absolute atomic E-state index is 13.5. The summed E-state index contributed by atoms with van der Waals surface area (Å²) in [6.07, 6.45) is -1.75. The van der Waals surface area contributed by atoms with Crippen molar-refractivity contribution in [2.45, 2.75) is 19.6 Å². The van der Waals surface area contributed by atoms with Gasteiger partial charge in [-0.2, -0.15) is 17.9 Å². The Morgan fingerprint density at radius 3 is 2.55 bits per heavy atom. The minimum absolute atomic E-state index is 0.0102. The first-order valence-corrected chi connectivity index (χ1v) is 10.8. The molecule has 2 N–H and O–H groups in total. The number of aromatic nitrogens is 2. The van der Waals surface area contributed by atoms with Crippen LogP contribution >= 0.6 is 11.3 Å². The normalized spacial score (nSPS) is 12.5. The van der Waals surface area contributed by atoms with Gasteiger partial charge in [0.2, 0.25) is 11.3 Å². The molecule has 2 aromatic heterocycles. The number of alkyl halides is 3. The number of hydrogen-bond acceptors (Lipinski definition) is 5. The molecule has 0 spiro atoms. The number of amides is 1. The first kappa shape index (κ1) is 23.0. The van der Waals surface area contributed by atoms with Crippen LogP contribution in [0.3, 0.4) is 0 Å². The Balaban J connectivity index is 2.03. The van der Waals surface area contributed by atoms with Gasteiger partial charge in [-0.1, -0.05) is 24.3 Å². The average molecular weight is 470 g/mol. The summed E-state index contributed by atoms with van der Waals surface area (Å²) in [6, 6.07) is 7.75. The molecule has 3 rings (SSSR count). The lowest BCUT2D eigenvalue weighted by molar-refractivity contribution is -0.137. The molecule has 12 heteroatoms. The first-order valence-electron chi connectivity index (χ1n) is 8.83. The standard InChI is InChI=1S/C19H17F3N4O3S2/c1-12-24-9-13(30-12)10-26(11-25-31(28)29)18(27)17-15(6-4-8-23-17)14-5-2-3-7-16(14)19(20,21)22/h2-9,25H,10-11H2,1H3,(H,28,29). The highest BCUT2D eigenvalue weighted by Crippen LogP contribution is 2.38. The number of halogens is 3. The molecule has 164 valence electrons. The molecule has 0 bridgehead atoms. The summed E-state index contributed by atoms with van der Waals surface area (Å²) < 4.78 is 63.0. The van der Waals surface area contributed by atoms with E-state index in [-0.39, 0.29) is 30.0 Å². The van der Waals surface area contributed by atoms with Crippen molar-refractivity contribution < 1.29 is 26.7 Å². The fourth-order valence-corrected chi connectivity index (χ4v) is 3.98. The smallest absolute Gasteiger partial charge is 0.318 e. The zero-order chi connectivity index (χ0) is 22.6. The minimum atomic E-state index is -4.62. The topological polar surface area (TPSA) is 95.4 Å². The van der Waals surface area contributed by atoms with Crippen LogP contribution in [0.15, 0.2) is 48.8 Å². The Morgan fingerprint density at radius 2 is 1.90 bits per heavy atom. The Labute approximate surface area is 182 Å². The lowest BCUT2D eigenvalue weighted by Gasteiger charge is -2.23. The second-order valence-electron chi connectivity index (χ2n) is 6.34. The summed E-state index contributed by atoms with van der Waals surface area (Å²) in [4.78, 5) is 23.3. The second-order valence-corrected chi connectivity index (χ2v) is 8.45. The molecule has 7 nitrogen and oxygen atoms in total. The van der Waals surface area contributed by atoms with E-state index in [0.29, 0.717) is 4.88 Å². The predicted molar refractivity (Wildman–Crippen MR) is 110 cm³/mol. The summed E-state index contributed by atoms with van der Waals surface area (Å²) >= 11 is -1.06. The Morgan fingerprint density at radius 1 is 1.19 bits per heavy atom. The zero-order valence-electron chi connectivity index (χ0n) is 16.1. The first-order chi connectivity index (χ1) is 14.7. The molecule has 1 unspecified atom stereocenters. The van der Waals surface area contributed by atoms with Crippen LogP contribution in [0.25, 0.3) is 11.1 Å². The fourth-order valence-electron chi connectivity index (χ4n) is 2.91. The van der Waals surface area contributed by atoms with Gasteiger partial charge in [0.25, 0.3) is 5.91 Å². The molecule has 0 aliphatic carbocycles. The van der Waals surface area contributed by atoms with Crippen LogP contribution < -0.4 is 4.72 Å². The van der Waals surface area contributed by atoms with Gasteiger partial charge in [-0.3, -0.25) is 14.3 Å². The molecule has 1 amide bonds. The van der Waals surface area contributed by atoms with E-state index in [9.17, 15) is 22.2 Å². The van der Waals surface area contributed by atoms with Crippen LogP contribution in [0, 0.1) is 6.92 Å². The number of carbonyl (C=O) groups excluding carboxylic acids is 1.